The largest absolute Gasteiger partial charge is 0.444 e. The molecule has 39 heavy (non-hydrogen) atoms. The zero-order valence-electron chi connectivity index (χ0n) is 22.8. The van der Waals surface area contributed by atoms with Crippen LogP contribution < -0.4 is 16.4 Å². The molecule has 0 radical (unpaired) electrons. The maximum atomic E-state index is 14.0. The molecular formula is C30H36N4O5. The van der Waals surface area contributed by atoms with Gasteiger partial charge in [-0.25, -0.2) is 4.79 Å². The average molecular weight is 533 g/mol. The van der Waals surface area contributed by atoms with Gasteiger partial charge in [0.2, 0.25) is 11.8 Å². The fraction of sp³-hybridized carbons (Fsp3) is 0.333. The quantitative estimate of drug-likeness (QED) is 0.299. The first kappa shape index (κ1) is 30.6. The molecule has 2 unspecified atom stereocenters. The molecule has 0 bridgehead atoms. The molecular weight excluding hydrogens is 496 g/mol. The van der Waals surface area contributed by atoms with Crippen molar-refractivity contribution in [2.45, 2.75) is 58.2 Å². The monoisotopic (exact) mass is 532 g/mol. The lowest BCUT2D eigenvalue weighted by Crippen LogP contribution is -2.52. The molecule has 0 fully saturated rings. The summed E-state index contributed by atoms with van der Waals surface area (Å²) in [4.78, 5) is 53.3. The van der Waals surface area contributed by atoms with Crippen LogP contribution in [0.25, 0.3) is 0 Å². The van der Waals surface area contributed by atoms with Crippen LogP contribution in [0.3, 0.4) is 0 Å². The third kappa shape index (κ3) is 9.04. The van der Waals surface area contributed by atoms with Crippen molar-refractivity contribution in [3.63, 3.8) is 0 Å². The van der Waals surface area contributed by atoms with Crippen LogP contribution in [0.5, 0.6) is 0 Å². The molecule has 0 saturated carbocycles. The number of alkyl carbamates (subject to hydrolysis) is 1. The molecule has 0 saturated heterocycles. The molecule has 206 valence electrons. The number of carbonyl (C=O) groups is 4. The Morgan fingerprint density at radius 1 is 1.13 bits per heavy atom. The molecule has 9 nitrogen and oxygen atoms in total. The number of hydrogen-bond donors (Lipinski definition) is 3. The summed E-state index contributed by atoms with van der Waals surface area (Å²) in [6.07, 6.45) is 6.07. The molecule has 0 aliphatic heterocycles. The van der Waals surface area contributed by atoms with Crippen LogP contribution in [0.4, 0.5) is 10.5 Å². The molecule has 0 aliphatic carbocycles. The number of nitrogens with zero attached hydrogens (tertiary/aromatic N) is 1. The average Bonchev–Trinajstić information content (AvgIpc) is 2.86. The van der Waals surface area contributed by atoms with Crippen molar-refractivity contribution in [1.29, 1.82) is 0 Å². The third-order valence-electron chi connectivity index (χ3n) is 5.65. The predicted molar refractivity (Wildman–Crippen MR) is 150 cm³/mol. The lowest BCUT2D eigenvalue weighted by molar-refractivity contribution is -0.140. The summed E-state index contributed by atoms with van der Waals surface area (Å²) in [5.74, 6) is 0.762. The van der Waals surface area contributed by atoms with E-state index >= 15 is 0 Å². The van der Waals surface area contributed by atoms with Gasteiger partial charge in [-0.15, -0.1) is 13.0 Å². The second-order valence-electron chi connectivity index (χ2n) is 9.92. The van der Waals surface area contributed by atoms with E-state index in [0.717, 1.165) is 5.56 Å². The highest BCUT2D eigenvalue weighted by Crippen LogP contribution is 2.28. The van der Waals surface area contributed by atoms with Gasteiger partial charge >= 0.3 is 6.09 Å². The zero-order chi connectivity index (χ0) is 29.2. The van der Waals surface area contributed by atoms with Crippen molar-refractivity contribution in [3.05, 3.63) is 77.9 Å². The molecule has 9 heteroatoms. The van der Waals surface area contributed by atoms with Gasteiger partial charge in [-0.1, -0.05) is 48.4 Å². The van der Waals surface area contributed by atoms with Crippen molar-refractivity contribution < 1.29 is 23.9 Å². The summed E-state index contributed by atoms with van der Waals surface area (Å²) in [6, 6.07) is 11.6. The molecule has 4 amide bonds. The van der Waals surface area contributed by atoms with Gasteiger partial charge in [0.15, 0.2) is 0 Å². The Morgan fingerprint density at radius 2 is 1.77 bits per heavy atom. The lowest BCUT2D eigenvalue weighted by atomic mass is 9.96. The number of carbonyl (C=O) groups excluding carboxylic acids is 4. The number of para-hydroxylation sites is 1. The third-order valence-corrected chi connectivity index (χ3v) is 5.65. The number of hydrogen-bond acceptors (Lipinski definition) is 5. The van der Waals surface area contributed by atoms with Crippen LogP contribution in [0.2, 0.25) is 0 Å². The lowest BCUT2D eigenvalue weighted by Gasteiger charge is -2.34. The van der Waals surface area contributed by atoms with Gasteiger partial charge in [0.1, 0.15) is 17.7 Å². The van der Waals surface area contributed by atoms with Crippen LogP contribution in [-0.4, -0.2) is 46.9 Å². The highest BCUT2D eigenvalue weighted by atomic mass is 16.6. The summed E-state index contributed by atoms with van der Waals surface area (Å²) in [7, 11) is 0. The Labute approximate surface area is 229 Å². The van der Waals surface area contributed by atoms with Crippen LogP contribution in [-0.2, 0) is 19.1 Å². The van der Waals surface area contributed by atoms with E-state index in [1.165, 1.54) is 11.0 Å². The van der Waals surface area contributed by atoms with E-state index in [4.69, 9.17) is 16.9 Å². The van der Waals surface area contributed by atoms with Crippen molar-refractivity contribution in [2.75, 3.05) is 11.9 Å². The first-order valence-corrected chi connectivity index (χ1v) is 12.5. The van der Waals surface area contributed by atoms with Gasteiger partial charge in [0, 0.05) is 24.2 Å². The topological polar surface area (TPSA) is 131 Å². The SMILES string of the molecule is C#Cc1ccccc1C(C(=O)Nc1ccccc1C)N(CC=C)C(=O)C(CCC(N)=O)NC(=O)OC(C)(C)C. The number of nitrogens with one attached hydrogen (secondary N) is 2. The highest BCUT2D eigenvalue weighted by Gasteiger charge is 2.37. The van der Waals surface area contributed by atoms with Crippen molar-refractivity contribution in [1.82, 2.24) is 10.2 Å². The minimum absolute atomic E-state index is 0.0628. The summed E-state index contributed by atoms with van der Waals surface area (Å²) in [6.45, 7) is 10.6. The first-order valence-electron chi connectivity index (χ1n) is 12.5. The number of primary amides is 1. The number of anilines is 1. The van der Waals surface area contributed by atoms with Crippen molar-refractivity contribution >= 4 is 29.5 Å². The zero-order valence-corrected chi connectivity index (χ0v) is 22.8. The summed E-state index contributed by atoms with van der Waals surface area (Å²) < 4.78 is 5.32. The van der Waals surface area contributed by atoms with Crippen molar-refractivity contribution in [3.8, 4) is 12.3 Å². The second-order valence-corrected chi connectivity index (χ2v) is 9.92. The number of rotatable bonds is 11. The Bertz CT molecular complexity index is 1260. The van der Waals surface area contributed by atoms with E-state index in [1.807, 2.05) is 19.1 Å². The Kier molecular flexibility index (Phi) is 10.9. The van der Waals surface area contributed by atoms with Crippen LogP contribution >= 0.6 is 0 Å². The van der Waals surface area contributed by atoms with Crippen LogP contribution in [0.15, 0.2) is 61.2 Å². The number of nitrogens with two attached hydrogens (primary N) is 1. The molecule has 4 N–H and O–H groups in total. The van der Waals surface area contributed by atoms with E-state index in [9.17, 15) is 19.2 Å². The standard InChI is InChI=1S/C30H36N4O5/c1-7-19-34(28(37)24(17-18-25(31)35)33-29(38)39-30(4,5)6)26(22-15-11-10-14-21(22)8-2)27(36)32-23-16-12-9-13-20(23)3/h2,7,9-16,24,26H,1,17-19H2,3-6H3,(H2,31,35)(H,32,36)(H,33,38). The first-order chi connectivity index (χ1) is 18.4. The van der Waals surface area contributed by atoms with Gasteiger partial charge in [-0.05, 0) is 57.4 Å². The van der Waals surface area contributed by atoms with Gasteiger partial charge in [-0.3, -0.25) is 14.4 Å². The van der Waals surface area contributed by atoms with Crippen LogP contribution in [0.1, 0.15) is 56.3 Å². The summed E-state index contributed by atoms with van der Waals surface area (Å²) >= 11 is 0. The smallest absolute Gasteiger partial charge is 0.408 e. The molecule has 2 aromatic rings. The highest BCUT2D eigenvalue weighted by molar-refractivity contribution is 6.00. The fourth-order valence-electron chi connectivity index (χ4n) is 3.89. The Balaban J connectivity index is 2.58. The van der Waals surface area contributed by atoms with Gasteiger partial charge in [0.25, 0.3) is 5.91 Å². The molecule has 0 aromatic heterocycles. The van der Waals surface area contributed by atoms with Gasteiger partial charge in [-0.2, -0.15) is 0 Å². The summed E-state index contributed by atoms with van der Waals surface area (Å²) in [5, 5.41) is 5.43. The molecule has 0 spiro atoms. The maximum Gasteiger partial charge on any atom is 0.408 e. The van der Waals surface area contributed by atoms with E-state index in [-0.39, 0.29) is 19.4 Å². The normalized spacial score (nSPS) is 12.3. The van der Waals surface area contributed by atoms with Crippen molar-refractivity contribution in [2.24, 2.45) is 5.73 Å². The number of ether oxygens (including phenoxy) is 1. The minimum atomic E-state index is -1.22. The Morgan fingerprint density at radius 3 is 2.36 bits per heavy atom. The number of amides is 4. The molecule has 2 aromatic carbocycles. The number of terminal acetylenes is 1. The molecule has 0 aliphatic rings. The predicted octanol–water partition coefficient (Wildman–Crippen LogP) is 3.83. The fourth-order valence-corrected chi connectivity index (χ4v) is 3.89. The molecule has 2 rings (SSSR count). The van der Waals surface area contributed by atoms with Crippen LogP contribution in [0, 0.1) is 19.3 Å². The van der Waals surface area contributed by atoms with E-state index in [0.29, 0.717) is 16.8 Å². The number of benzene rings is 2. The second kappa shape index (κ2) is 13.8. The van der Waals surface area contributed by atoms with E-state index < -0.39 is 41.5 Å². The maximum absolute atomic E-state index is 14.0. The van der Waals surface area contributed by atoms with E-state index in [2.05, 4.69) is 23.1 Å². The minimum Gasteiger partial charge on any atom is -0.444 e. The summed E-state index contributed by atoms with van der Waals surface area (Å²) in [5.41, 5.74) is 6.72. The van der Waals surface area contributed by atoms with Gasteiger partial charge in [0.05, 0.1) is 0 Å². The molecule has 2 atom stereocenters. The molecule has 0 heterocycles. The van der Waals surface area contributed by atoms with E-state index in [1.54, 1.807) is 57.2 Å². The Hall–Kier alpha value is -4.58. The van der Waals surface area contributed by atoms with Gasteiger partial charge < -0.3 is 26.0 Å². The number of aryl methyl sites for hydroxylation is 1.